The highest BCUT2D eigenvalue weighted by atomic mass is 16.4. The summed E-state index contributed by atoms with van der Waals surface area (Å²) in [5, 5.41) is 28.0. The molecule has 0 unspecified atom stereocenters. The van der Waals surface area contributed by atoms with E-state index >= 15 is 0 Å². The first-order chi connectivity index (χ1) is 12.4. The zero-order valence-corrected chi connectivity index (χ0v) is 14.7. The van der Waals surface area contributed by atoms with Crippen LogP contribution in [0.3, 0.4) is 0 Å². The Bertz CT molecular complexity index is 1050. The Balaban J connectivity index is 1.84. The SMILES string of the molecule is CC1(C)c2cc(B(O)O)ccc2-c2ccc(-c3ccc(C#N)cc3)cc21. The number of rotatable bonds is 2. The molecule has 0 amide bonds. The van der Waals surface area contributed by atoms with Crippen molar-refractivity contribution in [3.63, 3.8) is 0 Å². The van der Waals surface area contributed by atoms with Gasteiger partial charge in [0.05, 0.1) is 11.6 Å². The third kappa shape index (κ3) is 2.45. The van der Waals surface area contributed by atoms with Crippen molar-refractivity contribution >= 4 is 12.6 Å². The molecule has 3 aromatic rings. The molecule has 1 aliphatic rings. The van der Waals surface area contributed by atoms with Crippen LogP contribution in [-0.4, -0.2) is 17.2 Å². The predicted octanol–water partition coefficient (Wildman–Crippen LogP) is 3.21. The maximum atomic E-state index is 9.51. The third-order valence-electron chi connectivity index (χ3n) is 5.35. The number of benzene rings is 3. The molecular weight excluding hydrogens is 321 g/mol. The fourth-order valence-electron chi connectivity index (χ4n) is 3.83. The molecule has 0 saturated heterocycles. The van der Waals surface area contributed by atoms with Crippen molar-refractivity contribution in [1.29, 1.82) is 5.26 Å². The highest BCUT2D eigenvalue weighted by molar-refractivity contribution is 6.58. The van der Waals surface area contributed by atoms with Crippen molar-refractivity contribution in [3.8, 4) is 28.3 Å². The summed E-state index contributed by atoms with van der Waals surface area (Å²) >= 11 is 0. The zero-order valence-electron chi connectivity index (χ0n) is 14.7. The van der Waals surface area contributed by atoms with Crippen LogP contribution < -0.4 is 5.46 Å². The quantitative estimate of drug-likeness (QED) is 0.705. The maximum Gasteiger partial charge on any atom is 0.488 e. The van der Waals surface area contributed by atoms with Crippen molar-refractivity contribution < 1.29 is 10.0 Å². The van der Waals surface area contributed by atoms with Gasteiger partial charge in [-0.25, -0.2) is 0 Å². The van der Waals surface area contributed by atoms with Gasteiger partial charge in [0.25, 0.3) is 0 Å². The molecule has 4 rings (SSSR count). The molecule has 3 aromatic carbocycles. The molecule has 0 aromatic heterocycles. The van der Waals surface area contributed by atoms with Crippen LogP contribution in [0.4, 0.5) is 0 Å². The van der Waals surface area contributed by atoms with Crippen LogP contribution in [0.25, 0.3) is 22.3 Å². The second kappa shape index (κ2) is 5.84. The summed E-state index contributed by atoms with van der Waals surface area (Å²) in [6.07, 6.45) is 0. The van der Waals surface area contributed by atoms with Crippen molar-refractivity contribution in [2.75, 3.05) is 0 Å². The van der Waals surface area contributed by atoms with E-state index in [1.54, 1.807) is 6.07 Å². The number of nitrogens with zero attached hydrogens (tertiary/aromatic N) is 1. The van der Waals surface area contributed by atoms with Gasteiger partial charge in [-0.3, -0.25) is 0 Å². The summed E-state index contributed by atoms with van der Waals surface area (Å²) in [6.45, 7) is 4.32. The summed E-state index contributed by atoms with van der Waals surface area (Å²) < 4.78 is 0. The number of hydrogen-bond donors (Lipinski definition) is 2. The van der Waals surface area contributed by atoms with Gasteiger partial charge in [-0.1, -0.05) is 56.3 Å². The van der Waals surface area contributed by atoms with Crippen LogP contribution in [0.2, 0.25) is 0 Å². The smallest absolute Gasteiger partial charge is 0.423 e. The average molecular weight is 339 g/mol. The lowest BCUT2D eigenvalue weighted by atomic mass is 9.75. The molecule has 0 bridgehead atoms. The Hall–Kier alpha value is -2.87. The van der Waals surface area contributed by atoms with Crippen LogP contribution in [0.15, 0.2) is 60.7 Å². The molecular formula is C22H18BNO2. The largest absolute Gasteiger partial charge is 0.488 e. The summed E-state index contributed by atoms with van der Waals surface area (Å²) in [5.74, 6) is 0. The van der Waals surface area contributed by atoms with Crippen LogP contribution in [0, 0.1) is 11.3 Å². The van der Waals surface area contributed by atoms with Crippen LogP contribution >= 0.6 is 0 Å². The molecule has 3 nitrogen and oxygen atoms in total. The van der Waals surface area contributed by atoms with Crippen molar-refractivity contribution in [3.05, 3.63) is 77.4 Å². The summed E-state index contributed by atoms with van der Waals surface area (Å²) in [4.78, 5) is 0. The van der Waals surface area contributed by atoms with Gasteiger partial charge in [0.15, 0.2) is 0 Å². The Kier molecular flexibility index (Phi) is 3.73. The molecule has 26 heavy (non-hydrogen) atoms. The molecule has 2 N–H and O–H groups in total. The maximum absolute atomic E-state index is 9.51. The van der Waals surface area contributed by atoms with E-state index in [1.807, 2.05) is 36.4 Å². The van der Waals surface area contributed by atoms with E-state index in [-0.39, 0.29) is 5.41 Å². The molecule has 0 fully saturated rings. The molecule has 0 aliphatic heterocycles. The van der Waals surface area contributed by atoms with E-state index in [1.165, 1.54) is 11.1 Å². The number of fused-ring (bicyclic) bond motifs is 3. The van der Waals surface area contributed by atoms with Gasteiger partial charge in [0.1, 0.15) is 0 Å². The van der Waals surface area contributed by atoms with E-state index in [0.717, 1.165) is 22.3 Å². The van der Waals surface area contributed by atoms with Crippen LogP contribution in [0.1, 0.15) is 30.5 Å². The van der Waals surface area contributed by atoms with Crippen molar-refractivity contribution in [2.24, 2.45) is 0 Å². The molecule has 0 atom stereocenters. The van der Waals surface area contributed by atoms with Gasteiger partial charge >= 0.3 is 7.12 Å². The Morgan fingerprint density at radius 1 is 0.808 bits per heavy atom. The van der Waals surface area contributed by atoms with Gasteiger partial charge < -0.3 is 10.0 Å². The molecule has 0 heterocycles. The minimum absolute atomic E-state index is 0.224. The topological polar surface area (TPSA) is 64.2 Å². The van der Waals surface area contributed by atoms with Gasteiger partial charge in [0, 0.05) is 5.41 Å². The molecule has 0 saturated carbocycles. The highest BCUT2D eigenvalue weighted by Gasteiger charge is 2.36. The van der Waals surface area contributed by atoms with Crippen LogP contribution in [0.5, 0.6) is 0 Å². The molecule has 4 heteroatoms. The monoisotopic (exact) mass is 339 g/mol. The van der Waals surface area contributed by atoms with E-state index in [0.29, 0.717) is 11.0 Å². The lowest BCUT2D eigenvalue weighted by molar-refractivity contribution is 0.425. The Labute approximate surface area is 153 Å². The minimum Gasteiger partial charge on any atom is -0.423 e. The second-order valence-corrected chi connectivity index (χ2v) is 7.25. The Morgan fingerprint density at radius 3 is 2.00 bits per heavy atom. The zero-order chi connectivity index (χ0) is 18.5. The Morgan fingerprint density at radius 2 is 1.38 bits per heavy atom. The molecule has 0 radical (unpaired) electrons. The normalized spacial score (nSPS) is 13.7. The van der Waals surface area contributed by atoms with E-state index in [9.17, 15) is 10.0 Å². The van der Waals surface area contributed by atoms with E-state index < -0.39 is 7.12 Å². The van der Waals surface area contributed by atoms with Crippen molar-refractivity contribution in [1.82, 2.24) is 0 Å². The van der Waals surface area contributed by atoms with Gasteiger partial charge in [-0.05, 0) is 57.0 Å². The lowest BCUT2D eigenvalue weighted by Crippen LogP contribution is -2.31. The number of nitriles is 1. The second-order valence-electron chi connectivity index (χ2n) is 7.25. The first kappa shape index (κ1) is 16.6. The van der Waals surface area contributed by atoms with Gasteiger partial charge in [0.2, 0.25) is 0 Å². The van der Waals surface area contributed by atoms with Gasteiger partial charge in [-0.15, -0.1) is 0 Å². The fourth-order valence-corrected chi connectivity index (χ4v) is 3.83. The first-order valence-corrected chi connectivity index (χ1v) is 8.58. The molecule has 1 aliphatic carbocycles. The van der Waals surface area contributed by atoms with Gasteiger partial charge in [-0.2, -0.15) is 5.26 Å². The summed E-state index contributed by atoms with van der Waals surface area (Å²) in [5.41, 5.74) is 7.77. The highest BCUT2D eigenvalue weighted by Crippen LogP contribution is 2.49. The fraction of sp³-hybridized carbons (Fsp3) is 0.136. The minimum atomic E-state index is -1.46. The lowest BCUT2D eigenvalue weighted by Gasteiger charge is -2.22. The predicted molar refractivity (Wildman–Crippen MR) is 104 cm³/mol. The van der Waals surface area contributed by atoms with Crippen LogP contribution in [-0.2, 0) is 5.41 Å². The standard InChI is InChI=1S/C22H18BNO2/c1-22(2)20-11-16(15-5-3-14(13-24)4-6-15)7-9-18(20)19-10-8-17(23(25)26)12-21(19)22/h3-12,25-26H,1-2H3. The molecule has 0 spiro atoms. The van der Waals surface area contributed by atoms with E-state index in [2.05, 4.69) is 38.1 Å². The number of hydrogen-bond acceptors (Lipinski definition) is 3. The summed E-state index contributed by atoms with van der Waals surface area (Å²) in [7, 11) is -1.46. The molecule has 126 valence electrons. The van der Waals surface area contributed by atoms with Crippen molar-refractivity contribution in [2.45, 2.75) is 19.3 Å². The first-order valence-electron chi connectivity index (χ1n) is 8.58. The summed E-state index contributed by atoms with van der Waals surface area (Å²) in [6, 6.07) is 21.8. The van der Waals surface area contributed by atoms with E-state index in [4.69, 9.17) is 5.26 Å². The third-order valence-corrected chi connectivity index (χ3v) is 5.35. The average Bonchev–Trinajstić information content (AvgIpc) is 2.88.